The van der Waals surface area contributed by atoms with E-state index >= 15 is 0 Å². The van der Waals surface area contributed by atoms with Crippen molar-refractivity contribution in [3.05, 3.63) is 28.8 Å². The first kappa shape index (κ1) is 21.4. The minimum Gasteiger partial charge on any atom is -0.493 e. The highest BCUT2D eigenvalue weighted by Crippen LogP contribution is 2.40. The molecule has 0 bridgehead atoms. The maximum atomic E-state index is 11.1. The average molecular weight is 421 g/mol. The van der Waals surface area contributed by atoms with Crippen LogP contribution in [0.25, 0.3) is 0 Å². The Labute approximate surface area is 175 Å². The van der Waals surface area contributed by atoms with E-state index in [0.717, 1.165) is 56.3 Å². The fourth-order valence-corrected chi connectivity index (χ4v) is 4.20. The van der Waals surface area contributed by atoms with Gasteiger partial charge in [-0.1, -0.05) is 6.07 Å². The van der Waals surface area contributed by atoms with E-state index in [4.69, 9.17) is 14.2 Å². The highest BCUT2D eigenvalue weighted by molar-refractivity contribution is 7.13. The Morgan fingerprint density at radius 2 is 1.69 bits per heavy atom. The molecule has 29 heavy (non-hydrogen) atoms. The topological polar surface area (TPSA) is 76.2 Å². The first-order chi connectivity index (χ1) is 14.0. The second-order valence-corrected chi connectivity index (χ2v) is 7.73. The molecule has 8 nitrogen and oxygen atoms in total. The summed E-state index contributed by atoms with van der Waals surface area (Å²) in [6, 6.07) is 3.95. The lowest BCUT2D eigenvalue weighted by molar-refractivity contribution is -0.114. The van der Waals surface area contributed by atoms with Crippen molar-refractivity contribution < 1.29 is 19.0 Å². The SMILES string of the molecule is COc1ccc(CN2CCN(Cc3csc(NC(C)=O)n3)CC2)c(OC)c1OC. The molecular weight excluding hydrogens is 392 g/mol. The smallest absolute Gasteiger partial charge is 0.223 e. The molecular formula is C20H28N4O4S. The summed E-state index contributed by atoms with van der Waals surface area (Å²) in [5.41, 5.74) is 2.08. The summed E-state index contributed by atoms with van der Waals surface area (Å²) in [5, 5.41) is 5.40. The van der Waals surface area contributed by atoms with Crippen LogP contribution in [0.5, 0.6) is 17.2 Å². The number of hydrogen-bond acceptors (Lipinski definition) is 8. The molecule has 0 unspecified atom stereocenters. The Morgan fingerprint density at radius 1 is 1.03 bits per heavy atom. The number of carbonyl (C=O) groups is 1. The van der Waals surface area contributed by atoms with E-state index in [1.165, 1.54) is 18.3 Å². The van der Waals surface area contributed by atoms with E-state index in [1.54, 1.807) is 21.3 Å². The van der Waals surface area contributed by atoms with E-state index in [0.29, 0.717) is 16.6 Å². The third-order valence-electron chi connectivity index (χ3n) is 4.86. The maximum Gasteiger partial charge on any atom is 0.223 e. The van der Waals surface area contributed by atoms with E-state index in [2.05, 4.69) is 20.1 Å². The summed E-state index contributed by atoms with van der Waals surface area (Å²) in [4.78, 5) is 20.4. The van der Waals surface area contributed by atoms with E-state index < -0.39 is 0 Å². The fourth-order valence-electron chi connectivity index (χ4n) is 3.45. The van der Waals surface area contributed by atoms with Gasteiger partial charge in [0.05, 0.1) is 27.0 Å². The van der Waals surface area contributed by atoms with Crippen LogP contribution in [0.4, 0.5) is 5.13 Å². The first-order valence-corrected chi connectivity index (χ1v) is 10.4. The lowest BCUT2D eigenvalue weighted by Crippen LogP contribution is -2.45. The van der Waals surface area contributed by atoms with Crippen LogP contribution in [0, 0.1) is 0 Å². The Bertz CT molecular complexity index is 834. The number of anilines is 1. The predicted molar refractivity (Wildman–Crippen MR) is 113 cm³/mol. The Kier molecular flexibility index (Phi) is 7.29. The second-order valence-electron chi connectivity index (χ2n) is 6.87. The molecule has 2 aromatic rings. The molecule has 0 aliphatic carbocycles. The molecule has 0 radical (unpaired) electrons. The molecule has 1 aromatic carbocycles. The minimum absolute atomic E-state index is 0.0925. The third-order valence-corrected chi connectivity index (χ3v) is 5.67. The highest BCUT2D eigenvalue weighted by Gasteiger charge is 2.21. The second kappa shape index (κ2) is 9.91. The van der Waals surface area contributed by atoms with Crippen molar-refractivity contribution in [2.45, 2.75) is 20.0 Å². The summed E-state index contributed by atoms with van der Waals surface area (Å²) >= 11 is 1.46. The number of piperazine rings is 1. The molecule has 1 fully saturated rings. The largest absolute Gasteiger partial charge is 0.493 e. The number of rotatable bonds is 8. The summed E-state index contributed by atoms with van der Waals surface area (Å²) in [6.45, 7) is 6.92. The molecule has 3 rings (SSSR count). The van der Waals surface area contributed by atoms with Gasteiger partial charge in [-0.3, -0.25) is 14.6 Å². The van der Waals surface area contributed by atoms with Gasteiger partial charge in [0.15, 0.2) is 16.6 Å². The van der Waals surface area contributed by atoms with Crippen LogP contribution in [0.3, 0.4) is 0 Å². The number of nitrogens with one attached hydrogen (secondary N) is 1. The first-order valence-electron chi connectivity index (χ1n) is 9.48. The lowest BCUT2D eigenvalue weighted by atomic mass is 10.1. The van der Waals surface area contributed by atoms with Gasteiger partial charge < -0.3 is 19.5 Å². The molecule has 1 aliphatic rings. The number of benzene rings is 1. The van der Waals surface area contributed by atoms with Gasteiger partial charge in [-0.05, 0) is 6.07 Å². The number of ether oxygens (including phenoxy) is 3. The van der Waals surface area contributed by atoms with Crippen molar-refractivity contribution in [3.8, 4) is 17.2 Å². The molecule has 0 atom stereocenters. The van der Waals surface area contributed by atoms with Gasteiger partial charge in [0.1, 0.15) is 0 Å². The molecule has 0 saturated carbocycles. The molecule has 1 N–H and O–H groups in total. The van der Waals surface area contributed by atoms with Gasteiger partial charge in [-0.25, -0.2) is 4.98 Å². The van der Waals surface area contributed by atoms with Crippen molar-refractivity contribution >= 4 is 22.4 Å². The summed E-state index contributed by atoms with van der Waals surface area (Å²) in [7, 11) is 4.90. The monoisotopic (exact) mass is 420 g/mol. The van der Waals surface area contributed by atoms with Crippen molar-refractivity contribution in [1.82, 2.24) is 14.8 Å². The normalized spacial score (nSPS) is 15.2. The number of methoxy groups -OCH3 is 3. The van der Waals surface area contributed by atoms with Gasteiger partial charge in [0, 0.05) is 57.1 Å². The number of carbonyl (C=O) groups excluding carboxylic acids is 1. The summed E-state index contributed by atoms with van der Waals surface area (Å²) in [6.07, 6.45) is 0. The van der Waals surface area contributed by atoms with Crippen molar-refractivity contribution in [1.29, 1.82) is 0 Å². The van der Waals surface area contributed by atoms with Crippen molar-refractivity contribution in [3.63, 3.8) is 0 Å². The lowest BCUT2D eigenvalue weighted by Gasteiger charge is -2.34. The van der Waals surface area contributed by atoms with Crippen LogP contribution in [-0.2, 0) is 17.9 Å². The Morgan fingerprint density at radius 3 is 2.28 bits per heavy atom. The van der Waals surface area contributed by atoms with E-state index in [9.17, 15) is 4.79 Å². The number of thiazole rings is 1. The van der Waals surface area contributed by atoms with Gasteiger partial charge in [0.25, 0.3) is 0 Å². The van der Waals surface area contributed by atoms with Gasteiger partial charge >= 0.3 is 0 Å². The van der Waals surface area contributed by atoms with Crippen molar-refractivity contribution in [2.24, 2.45) is 0 Å². The molecule has 1 amide bonds. The molecule has 2 heterocycles. The molecule has 158 valence electrons. The number of nitrogens with zero attached hydrogens (tertiary/aromatic N) is 3. The zero-order valence-electron chi connectivity index (χ0n) is 17.4. The zero-order valence-corrected chi connectivity index (χ0v) is 18.2. The maximum absolute atomic E-state index is 11.1. The predicted octanol–water partition coefficient (Wildman–Crippen LogP) is 2.45. The average Bonchev–Trinajstić information content (AvgIpc) is 3.14. The van der Waals surface area contributed by atoms with Crippen LogP contribution < -0.4 is 19.5 Å². The molecule has 1 aromatic heterocycles. The van der Waals surface area contributed by atoms with Gasteiger partial charge in [0.2, 0.25) is 11.7 Å². The fraction of sp³-hybridized carbons (Fsp3) is 0.500. The molecule has 0 spiro atoms. The van der Waals surface area contributed by atoms with Crippen molar-refractivity contribution in [2.75, 3.05) is 52.8 Å². The Hall–Kier alpha value is -2.36. The minimum atomic E-state index is -0.0925. The Balaban J connectivity index is 1.56. The van der Waals surface area contributed by atoms with Crippen LogP contribution >= 0.6 is 11.3 Å². The summed E-state index contributed by atoms with van der Waals surface area (Å²) in [5.74, 6) is 1.93. The quantitative estimate of drug-likeness (QED) is 0.703. The number of aromatic nitrogens is 1. The standard InChI is InChI=1S/C20H28N4O4S/c1-14(25)21-20-22-16(13-29-20)12-24-9-7-23(8-10-24)11-15-5-6-17(26-2)19(28-4)18(15)27-3/h5-6,13H,7-12H2,1-4H3,(H,21,22,25). The number of amides is 1. The van der Waals surface area contributed by atoms with E-state index in [1.807, 2.05) is 17.5 Å². The molecule has 9 heteroatoms. The zero-order chi connectivity index (χ0) is 20.8. The van der Waals surface area contributed by atoms with Gasteiger partial charge in [-0.2, -0.15) is 0 Å². The van der Waals surface area contributed by atoms with Gasteiger partial charge in [-0.15, -0.1) is 11.3 Å². The summed E-state index contributed by atoms with van der Waals surface area (Å²) < 4.78 is 16.5. The van der Waals surface area contributed by atoms with E-state index in [-0.39, 0.29) is 5.91 Å². The van der Waals surface area contributed by atoms with Crippen LogP contribution in [0.2, 0.25) is 0 Å². The number of hydrogen-bond donors (Lipinski definition) is 1. The molecule has 1 saturated heterocycles. The molecule has 1 aliphatic heterocycles. The van der Waals surface area contributed by atoms with Crippen LogP contribution in [-0.4, -0.2) is 68.2 Å². The van der Waals surface area contributed by atoms with Crippen LogP contribution in [0.1, 0.15) is 18.2 Å². The third kappa shape index (κ3) is 5.37. The van der Waals surface area contributed by atoms with Crippen LogP contribution in [0.15, 0.2) is 17.5 Å². The highest BCUT2D eigenvalue weighted by atomic mass is 32.1.